The van der Waals surface area contributed by atoms with Gasteiger partial charge >= 0.3 is 0 Å². The van der Waals surface area contributed by atoms with E-state index in [4.69, 9.17) is 0 Å². The van der Waals surface area contributed by atoms with Gasteiger partial charge < -0.3 is 9.88 Å². The monoisotopic (exact) mass is 274 g/mol. The number of nitrogens with one attached hydrogen (secondary N) is 1. The van der Waals surface area contributed by atoms with Gasteiger partial charge in [-0.2, -0.15) is 0 Å². The van der Waals surface area contributed by atoms with Crippen molar-refractivity contribution >= 4 is 16.8 Å². The highest BCUT2D eigenvalue weighted by Crippen LogP contribution is 2.20. The number of nitrogens with zero attached hydrogens (tertiary/aromatic N) is 1. The first-order chi connectivity index (χ1) is 9.61. The van der Waals surface area contributed by atoms with E-state index in [2.05, 4.69) is 11.6 Å². The lowest BCUT2D eigenvalue weighted by Gasteiger charge is -2.16. The SMILES string of the molecule is C=CCCCN(C)C(=O)Cc1c[nH]c2cc(F)ccc12. The molecule has 3 nitrogen and oxygen atoms in total. The van der Waals surface area contributed by atoms with Crippen LogP contribution in [0.2, 0.25) is 0 Å². The molecule has 1 aromatic heterocycles. The second-order valence-corrected chi connectivity index (χ2v) is 4.93. The number of rotatable bonds is 6. The first-order valence-corrected chi connectivity index (χ1v) is 6.72. The highest BCUT2D eigenvalue weighted by molar-refractivity contribution is 5.88. The Hall–Kier alpha value is -2.10. The molecule has 2 aromatic rings. The molecule has 0 radical (unpaired) electrons. The Labute approximate surface area is 118 Å². The van der Waals surface area contributed by atoms with E-state index in [1.165, 1.54) is 12.1 Å². The van der Waals surface area contributed by atoms with Crippen molar-refractivity contribution in [1.29, 1.82) is 0 Å². The minimum absolute atomic E-state index is 0.0688. The van der Waals surface area contributed by atoms with E-state index in [0.29, 0.717) is 6.42 Å². The van der Waals surface area contributed by atoms with E-state index in [-0.39, 0.29) is 11.7 Å². The maximum Gasteiger partial charge on any atom is 0.226 e. The molecule has 1 amide bonds. The minimum atomic E-state index is -0.279. The fraction of sp³-hybridized carbons (Fsp3) is 0.312. The summed E-state index contributed by atoms with van der Waals surface area (Å²) in [6, 6.07) is 4.57. The number of allylic oxidation sites excluding steroid dienone is 1. The quantitative estimate of drug-likeness (QED) is 0.637. The van der Waals surface area contributed by atoms with Crippen LogP contribution in [-0.4, -0.2) is 29.4 Å². The van der Waals surface area contributed by atoms with Gasteiger partial charge in [0.2, 0.25) is 5.91 Å². The number of aromatic nitrogens is 1. The molecule has 0 aliphatic rings. The molecule has 1 aromatic carbocycles. The van der Waals surface area contributed by atoms with Gasteiger partial charge in [0.15, 0.2) is 0 Å². The van der Waals surface area contributed by atoms with Crippen LogP contribution in [0.15, 0.2) is 37.1 Å². The lowest BCUT2D eigenvalue weighted by atomic mass is 10.1. The predicted octanol–water partition coefficient (Wildman–Crippen LogP) is 3.27. The average Bonchev–Trinajstić information content (AvgIpc) is 2.81. The van der Waals surface area contributed by atoms with Gasteiger partial charge in [-0.1, -0.05) is 6.08 Å². The molecule has 1 heterocycles. The van der Waals surface area contributed by atoms with Gasteiger partial charge in [-0.3, -0.25) is 4.79 Å². The van der Waals surface area contributed by atoms with Gasteiger partial charge in [0.25, 0.3) is 0 Å². The zero-order valence-corrected chi connectivity index (χ0v) is 11.7. The highest BCUT2D eigenvalue weighted by atomic mass is 19.1. The van der Waals surface area contributed by atoms with E-state index < -0.39 is 0 Å². The molecule has 106 valence electrons. The van der Waals surface area contributed by atoms with Crippen molar-refractivity contribution in [1.82, 2.24) is 9.88 Å². The first-order valence-electron chi connectivity index (χ1n) is 6.72. The predicted molar refractivity (Wildman–Crippen MR) is 79.0 cm³/mol. The third kappa shape index (κ3) is 3.26. The average molecular weight is 274 g/mol. The first kappa shape index (κ1) is 14.3. The van der Waals surface area contributed by atoms with Crippen molar-refractivity contribution in [2.45, 2.75) is 19.3 Å². The summed E-state index contributed by atoms with van der Waals surface area (Å²) >= 11 is 0. The number of hydrogen-bond donors (Lipinski definition) is 1. The summed E-state index contributed by atoms with van der Waals surface area (Å²) in [7, 11) is 1.81. The summed E-state index contributed by atoms with van der Waals surface area (Å²) in [5.74, 6) is -0.210. The molecule has 4 heteroatoms. The number of likely N-dealkylation sites (N-methyl/N-ethyl adjacent to an activating group) is 1. The van der Waals surface area contributed by atoms with Crippen molar-refractivity contribution in [2.75, 3.05) is 13.6 Å². The molecule has 0 fully saturated rings. The van der Waals surface area contributed by atoms with Crippen molar-refractivity contribution in [2.24, 2.45) is 0 Å². The number of unbranched alkanes of at least 4 members (excludes halogenated alkanes) is 1. The van der Waals surface area contributed by atoms with Crippen molar-refractivity contribution in [3.63, 3.8) is 0 Å². The fourth-order valence-corrected chi connectivity index (χ4v) is 2.20. The summed E-state index contributed by atoms with van der Waals surface area (Å²) in [4.78, 5) is 16.9. The van der Waals surface area contributed by atoms with Gasteiger partial charge in [0.1, 0.15) is 5.82 Å². The van der Waals surface area contributed by atoms with Crippen LogP contribution in [0.4, 0.5) is 4.39 Å². The number of carbonyl (C=O) groups excluding carboxylic acids is 1. The Kier molecular flexibility index (Phi) is 4.56. The van der Waals surface area contributed by atoms with Gasteiger partial charge in [0.05, 0.1) is 6.42 Å². The number of halogens is 1. The summed E-state index contributed by atoms with van der Waals surface area (Å²) in [6.45, 7) is 4.39. The standard InChI is InChI=1S/C16H19FN2O/c1-3-4-5-8-19(2)16(20)9-12-11-18-15-10-13(17)6-7-14(12)15/h3,6-7,10-11,18H,1,4-5,8-9H2,2H3. The zero-order chi connectivity index (χ0) is 14.5. The van der Waals surface area contributed by atoms with Crippen LogP contribution >= 0.6 is 0 Å². The molecular formula is C16H19FN2O. The highest BCUT2D eigenvalue weighted by Gasteiger charge is 2.12. The van der Waals surface area contributed by atoms with Crippen LogP contribution in [-0.2, 0) is 11.2 Å². The molecule has 0 saturated heterocycles. The Bertz CT molecular complexity index is 618. The third-order valence-corrected chi connectivity index (χ3v) is 3.40. The molecular weight excluding hydrogens is 255 g/mol. The van der Waals surface area contributed by atoms with E-state index in [1.54, 1.807) is 24.2 Å². The number of hydrogen-bond acceptors (Lipinski definition) is 1. The summed E-state index contributed by atoms with van der Waals surface area (Å²) in [6.07, 6.45) is 5.79. The third-order valence-electron chi connectivity index (χ3n) is 3.40. The molecule has 0 unspecified atom stereocenters. The molecule has 0 aliphatic carbocycles. The van der Waals surface area contributed by atoms with E-state index in [0.717, 1.165) is 35.9 Å². The normalized spacial score (nSPS) is 10.7. The molecule has 0 bridgehead atoms. The molecule has 0 saturated carbocycles. The lowest BCUT2D eigenvalue weighted by Crippen LogP contribution is -2.29. The Morgan fingerprint density at radius 3 is 3.05 bits per heavy atom. The summed E-state index contributed by atoms with van der Waals surface area (Å²) < 4.78 is 13.1. The van der Waals surface area contributed by atoms with Gasteiger partial charge in [-0.05, 0) is 36.6 Å². The molecule has 0 spiro atoms. The molecule has 1 N–H and O–H groups in total. The van der Waals surface area contributed by atoms with Gasteiger partial charge in [0, 0.05) is 30.7 Å². The second-order valence-electron chi connectivity index (χ2n) is 4.93. The Balaban J connectivity index is 2.04. The number of aromatic amines is 1. The van der Waals surface area contributed by atoms with E-state index >= 15 is 0 Å². The molecule has 0 aliphatic heterocycles. The van der Waals surface area contributed by atoms with Crippen LogP contribution in [0.3, 0.4) is 0 Å². The van der Waals surface area contributed by atoms with Crippen LogP contribution < -0.4 is 0 Å². The van der Waals surface area contributed by atoms with Crippen LogP contribution in [0, 0.1) is 5.82 Å². The number of amides is 1. The zero-order valence-electron chi connectivity index (χ0n) is 11.7. The smallest absolute Gasteiger partial charge is 0.226 e. The van der Waals surface area contributed by atoms with Crippen molar-refractivity contribution < 1.29 is 9.18 Å². The minimum Gasteiger partial charge on any atom is -0.361 e. The number of benzene rings is 1. The maximum absolute atomic E-state index is 13.1. The summed E-state index contributed by atoms with van der Waals surface area (Å²) in [5.41, 5.74) is 1.63. The van der Waals surface area contributed by atoms with Crippen LogP contribution in [0.25, 0.3) is 10.9 Å². The fourth-order valence-electron chi connectivity index (χ4n) is 2.20. The topological polar surface area (TPSA) is 36.1 Å². The lowest BCUT2D eigenvalue weighted by molar-refractivity contribution is -0.129. The van der Waals surface area contributed by atoms with Crippen molar-refractivity contribution in [3.8, 4) is 0 Å². The summed E-state index contributed by atoms with van der Waals surface area (Å²) in [5, 5.41) is 0.902. The van der Waals surface area contributed by atoms with Gasteiger partial charge in [-0.15, -0.1) is 6.58 Å². The Morgan fingerprint density at radius 2 is 2.30 bits per heavy atom. The number of H-pyrrole nitrogens is 1. The molecule has 20 heavy (non-hydrogen) atoms. The molecule has 0 atom stereocenters. The van der Waals surface area contributed by atoms with E-state index in [9.17, 15) is 9.18 Å². The van der Waals surface area contributed by atoms with Crippen molar-refractivity contribution in [3.05, 3.63) is 48.4 Å². The number of fused-ring (bicyclic) bond motifs is 1. The second kappa shape index (κ2) is 6.37. The largest absolute Gasteiger partial charge is 0.361 e. The van der Waals surface area contributed by atoms with Gasteiger partial charge in [-0.25, -0.2) is 4.39 Å². The Morgan fingerprint density at radius 1 is 1.50 bits per heavy atom. The van der Waals surface area contributed by atoms with Crippen LogP contribution in [0.5, 0.6) is 0 Å². The maximum atomic E-state index is 13.1. The van der Waals surface area contributed by atoms with Crippen LogP contribution in [0.1, 0.15) is 18.4 Å². The number of carbonyl (C=O) groups is 1. The van der Waals surface area contributed by atoms with E-state index in [1.807, 2.05) is 6.08 Å². The molecule has 2 rings (SSSR count).